The maximum atomic E-state index is 10.4. The number of nitrogens with one attached hydrogen (secondary N) is 1. The van der Waals surface area contributed by atoms with Gasteiger partial charge in [-0.3, -0.25) is 5.10 Å². The maximum absolute atomic E-state index is 10.4. The number of nitrogens with two attached hydrogens (primary N) is 1. The van der Waals surface area contributed by atoms with Crippen LogP contribution in [0, 0.1) is 0 Å². The lowest BCUT2D eigenvalue weighted by Gasteiger charge is -2.43. The first-order chi connectivity index (χ1) is 9.53. The van der Waals surface area contributed by atoms with Crippen molar-refractivity contribution in [3.05, 3.63) is 5.69 Å². The van der Waals surface area contributed by atoms with Crippen LogP contribution in [0.2, 0.25) is 0 Å². The third kappa shape index (κ3) is 1.66. The van der Waals surface area contributed by atoms with Crippen molar-refractivity contribution in [2.45, 2.75) is 44.2 Å². The number of aliphatic hydroxyl groups is 1. The number of nitrogen functional groups attached to an aromatic ring is 1. The van der Waals surface area contributed by atoms with E-state index in [-0.39, 0.29) is 5.95 Å². The Hall–Kier alpha value is -1.89. The van der Waals surface area contributed by atoms with Crippen LogP contribution < -0.4 is 10.6 Å². The van der Waals surface area contributed by atoms with Crippen LogP contribution in [0.1, 0.15) is 31.9 Å². The summed E-state index contributed by atoms with van der Waals surface area (Å²) in [5, 5.41) is 18.6. The van der Waals surface area contributed by atoms with Crippen molar-refractivity contribution in [3.63, 3.8) is 0 Å². The van der Waals surface area contributed by atoms with Gasteiger partial charge in [-0.25, -0.2) is 0 Å². The molecular weight excluding hydrogens is 256 g/mol. The molecule has 106 valence electrons. The number of anilines is 2. The molecule has 0 saturated carbocycles. The third-order valence-electron chi connectivity index (χ3n) is 4.45. The van der Waals surface area contributed by atoms with E-state index in [9.17, 15) is 5.11 Å². The van der Waals surface area contributed by atoms with Crippen LogP contribution in [0.5, 0.6) is 0 Å². The fourth-order valence-electron chi connectivity index (χ4n) is 3.44. The molecular formula is C13H18N6O. The molecule has 0 aliphatic carbocycles. The van der Waals surface area contributed by atoms with Crippen LogP contribution in [0.3, 0.4) is 0 Å². The number of piperidine rings is 1. The standard InChI is InChI=1S/C13H18N6O/c1-13(20)5-4-7-2-3-8-9-10(18-17-8)15-12(14)16-11(9)19(7)6-13/h7,20H,2-6H2,1H3,(H3,14,15,16,17,18)/t7?,13-/m0/s1. The van der Waals surface area contributed by atoms with Crippen molar-refractivity contribution < 1.29 is 5.11 Å². The molecule has 2 aromatic heterocycles. The second kappa shape index (κ2) is 3.82. The quantitative estimate of drug-likeness (QED) is 0.650. The van der Waals surface area contributed by atoms with E-state index in [2.05, 4.69) is 25.1 Å². The first-order valence-corrected chi connectivity index (χ1v) is 7.03. The number of nitrogens with zero attached hydrogens (tertiary/aromatic N) is 4. The van der Waals surface area contributed by atoms with Gasteiger partial charge in [-0.2, -0.15) is 15.1 Å². The molecule has 1 unspecified atom stereocenters. The highest BCUT2D eigenvalue weighted by Crippen LogP contribution is 2.38. The SMILES string of the molecule is C[C@]1(O)CCC2CCc3[nH]nc4nc(N)nc(c34)N2C1. The average Bonchev–Trinajstić information content (AvgIpc) is 2.71. The minimum absolute atomic E-state index is 0.233. The van der Waals surface area contributed by atoms with E-state index in [4.69, 9.17) is 5.73 Å². The molecule has 7 heteroatoms. The summed E-state index contributed by atoms with van der Waals surface area (Å²) in [6.07, 6.45) is 3.75. The van der Waals surface area contributed by atoms with Gasteiger partial charge in [0.2, 0.25) is 5.95 Å². The molecule has 7 nitrogen and oxygen atoms in total. The molecule has 2 aliphatic heterocycles. The number of hydrogen-bond acceptors (Lipinski definition) is 6. The molecule has 4 heterocycles. The van der Waals surface area contributed by atoms with Crippen molar-refractivity contribution >= 4 is 22.8 Å². The van der Waals surface area contributed by atoms with Crippen molar-refractivity contribution in [2.24, 2.45) is 0 Å². The summed E-state index contributed by atoms with van der Waals surface area (Å²) < 4.78 is 0. The molecule has 20 heavy (non-hydrogen) atoms. The number of hydrogen-bond donors (Lipinski definition) is 3. The summed E-state index contributed by atoms with van der Waals surface area (Å²) in [6, 6.07) is 0.397. The Morgan fingerprint density at radius 3 is 3.10 bits per heavy atom. The molecule has 2 aliphatic rings. The van der Waals surface area contributed by atoms with Gasteiger partial charge in [-0.05, 0) is 32.6 Å². The summed E-state index contributed by atoms with van der Waals surface area (Å²) in [5.41, 5.74) is 6.82. The van der Waals surface area contributed by atoms with Gasteiger partial charge in [-0.15, -0.1) is 0 Å². The normalized spacial score (nSPS) is 29.3. The van der Waals surface area contributed by atoms with E-state index < -0.39 is 5.60 Å². The zero-order valence-corrected chi connectivity index (χ0v) is 11.4. The van der Waals surface area contributed by atoms with Crippen LogP contribution >= 0.6 is 0 Å². The van der Waals surface area contributed by atoms with E-state index in [1.165, 1.54) is 0 Å². The van der Waals surface area contributed by atoms with E-state index in [0.717, 1.165) is 42.6 Å². The molecule has 2 aromatic rings. The first kappa shape index (κ1) is 11.9. The smallest absolute Gasteiger partial charge is 0.224 e. The van der Waals surface area contributed by atoms with Crippen LogP contribution in [0.4, 0.5) is 11.8 Å². The van der Waals surface area contributed by atoms with Gasteiger partial charge in [0.05, 0.1) is 11.0 Å². The Bertz CT molecular complexity index is 679. The lowest BCUT2D eigenvalue weighted by Crippen LogP contribution is -2.51. The lowest BCUT2D eigenvalue weighted by atomic mass is 9.89. The highest BCUT2D eigenvalue weighted by Gasteiger charge is 2.38. The van der Waals surface area contributed by atoms with Gasteiger partial charge < -0.3 is 15.7 Å². The summed E-state index contributed by atoms with van der Waals surface area (Å²) in [5.74, 6) is 1.05. The van der Waals surface area contributed by atoms with Crippen molar-refractivity contribution in [3.8, 4) is 0 Å². The van der Waals surface area contributed by atoms with E-state index in [0.29, 0.717) is 18.2 Å². The minimum Gasteiger partial charge on any atom is -0.388 e. The van der Waals surface area contributed by atoms with Crippen LogP contribution in [-0.4, -0.2) is 43.5 Å². The Morgan fingerprint density at radius 1 is 1.40 bits per heavy atom. The summed E-state index contributed by atoms with van der Waals surface area (Å²) in [4.78, 5) is 10.8. The lowest BCUT2D eigenvalue weighted by molar-refractivity contribution is 0.0357. The number of aryl methyl sites for hydroxylation is 1. The van der Waals surface area contributed by atoms with E-state index in [1.807, 2.05) is 6.92 Å². The molecule has 1 saturated heterocycles. The van der Waals surface area contributed by atoms with Gasteiger partial charge in [0, 0.05) is 18.3 Å². The number of rotatable bonds is 0. The van der Waals surface area contributed by atoms with Crippen molar-refractivity contribution in [2.75, 3.05) is 17.2 Å². The molecule has 0 aromatic carbocycles. The number of aromatic amines is 1. The molecule has 2 atom stereocenters. The predicted molar refractivity (Wildman–Crippen MR) is 75.4 cm³/mol. The second-order valence-electron chi connectivity index (χ2n) is 6.16. The topological polar surface area (TPSA) is 104 Å². The fraction of sp³-hybridized carbons (Fsp3) is 0.615. The number of H-pyrrole nitrogens is 1. The maximum Gasteiger partial charge on any atom is 0.224 e. The summed E-state index contributed by atoms with van der Waals surface area (Å²) in [6.45, 7) is 2.46. The molecule has 0 bridgehead atoms. The Labute approximate surface area is 116 Å². The predicted octanol–water partition coefficient (Wildman–Crippen LogP) is 0.601. The summed E-state index contributed by atoms with van der Waals surface area (Å²) in [7, 11) is 0. The van der Waals surface area contributed by atoms with Gasteiger partial charge >= 0.3 is 0 Å². The Balaban J connectivity index is 1.92. The molecule has 0 radical (unpaired) electrons. The first-order valence-electron chi connectivity index (χ1n) is 7.03. The minimum atomic E-state index is -0.684. The highest BCUT2D eigenvalue weighted by atomic mass is 16.3. The van der Waals surface area contributed by atoms with Crippen molar-refractivity contribution in [1.29, 1.82) is 0 Å². The summed E-state index contributed by atoms with van der Waals surface area (Å²) >= 11 is 0. The Kier molecular flexibility index (Phi) is 2.27. The van der Waals surface area contributed by atoms with Gasteiger partial charge in [-0.1, -0.05) is 0 Å². The van der Waals surface area contributed by atoms with E-state index in [1.54, 1.807) is 0 Å². The molecule has 4 rings (SSSR count). The monoisotopic (exact) mass is 274 g/mol. The van der Waals surface area contributed by atoms with Gasteiger partial charge in [0.25, 0.3) is 0 Å². The Morgan fingerprint density at radius 2 is 2.25 bits per heavy atom. The molecule has 0 amide bonds. The fourth-order valence-corrected chi connectivity index (χ4v) is 3.44. The molecule has 4 N–H and O–H groups in total. The van der Waals surface area contributed by atoms with Crippen molar-refractivity contribution in [1.82, 2.24) is 20.2 Å². The van der Waals surface area contributed by atoms with Crippen LogP contribution in [-0.2, 0) is 6.42 Å². The zero-order chi connectivity index (χ0) is 13.9. The zero-order valence-electron chi connectivity index (χ0n) is 11.4. The average molecular weight is 274 g/mol. The molecule has 1 fully saturated rings. The van der Waals surface area contributed by atoms with Gasteiger partial charge in [0.1, 0.15) is 5.82 Å². The third-order valence-corrected chi connectivity index (χ3v) is 4.45. The number of fused-ring (bicyclic) bond motifs is 2. The van der Waals surface area contributed by atoms with Gasteiger partial charge in [0.15, 0.2) is 5.65 Å². The largest absolute Gasteiger partial charge is 0.388 e. The second-order valence-corrected chi connectivity index (χ2v) is 6.16. The van der Waals surface area contributed by atoms with Crippen LogP contribution in [0.25, 0.3) is 11.0 Å². The van der Waals surface area contributed by atoms with E-state index >= 15 is 0 Å². The highest BCUT2D eigenvalue weighted by molar-refractivity contribution is 5.91. The number of aromatic nitrogens is 4. The van der Waals surface area contributed by atoms with Crippen LogP contribution in [0.15, 0.2) is 0 Å². The molecule has 0 spiro atoms.